The minimum Gasteiger partial charge on any atom is -0.369 e. The average Bonchev–Trinajstić information content (AvgIpc) is 3.43. The van der Waals surface area contributed by atoms with Crippen LogP contribution in [0.1, 0.15) is 11.1 Å². The van der Waals surface area contributed by atoms with Crippen molar-refractivity contribution in [2.45, 2.75) is 6.54 Å². The fourth-order valence-corrected chi connectivity index (χ4v) is 4.72. The Kier molecular flexibility index (Phi) is 6.93. The van der Waals surface area contributed by atoms with Crippen LogP contribution in [0, 0.1) is 11.3 Å². The molecular weight excluding hydrogens is 486 g/mol. The van der Waals surface area contributed by atoms with Crippen molar-refractivity contribution in [1.29, 1.82) is 5.26 Å². The van der Waals surface area contributed by atoms with Crippen LogP contribution in [0.2, 0.25) is 0 Å². The van der Waals surface area contributed by atoms with Crippen molar-refractivity contribution in [2.24, 2.45) is 0 Å². The van der Waals surface area contributed by atoms with E-state index in [0.29, 0.717) is 18.1 Å². The molecule has 1 aliphatic rings. The molecule has 3 aromatic heterocycles. The maximum absolute atomic E-state index is 9.53. The molecule has 0 atom stereocenters. The number of pyridine rings is 1. The van der Waals surface area contributed by atoms with Gasteiger partial charge in [0, 0.05) is 73.5 Å². The van der Waals surface area contributed by atoms with Gasteiger partial charge >= 0.3 is 0 Å². The first kappa shape index (κ1) is 24.3. The standard InChI is InChI=1S/C30H27N9/c31-18-22-4-1-2-5-24(22)20-39-21-27(29(37-39)23-6-3-12-33-19-23)28-11-13-34-30(36-28)35-25-7-9-26(10-8-25)38-16-14-32-15-17-38/h1-13,19,21,32H,14-17,20H2,(H,34,35,36). The average molecular weight is 514 g/mol. The number of nitrogens with one attached hydrogen (secondary N) is 2. The molecule has 192 valence electrons. The number of nitrogens with zero attached hydrogens (tertiary/aromatic N) is 7. The van der Waals surface area contributed by atoms with Crippen molar-refractivity contribution in [3.05, 3.63) is 103 Å². The lowest BCUT2D eigenvalue weighted by Crippen LogP contribution is -2.43. The maximum atomic E-state index is 9.53. The van der Waals surface area contributed by atoms with Gasteiger partial charge in [0.25, 0.3) is 0 Å². The van der Waals surface area contributed by atoms with Crippen LogP contribution in [0.15, 0.2) is 91.5 Å². The van der Waals surface area contributed by atoms with E-state index in [1.165, 1.54) is 5.69 Å². The third-order valence-corrected chi connectivity index (χ3v) is 6.70. The summed E-state index contributed by atoms with van der Waals surface area (Å²) in [5, 5.41) is 21.1. The lowest BCUT2D eigenvalue weighted by Gasteiger charge is -2.29. The number of hydrogen-bond acceptors (Lipinski definition) is 8. The van der Waals surface area contributed by atoms with E-state index < -0.39 is 0 Å². The summed E-state index contributed by atoms with van der Waals surface area (Å²) < 4.78 is 1.85. The van der Waals surface area contributed by atoms with Crippen LogP contribution in [-0.2, 0) is 6.54 Å². The molecule has 4 heterocycles. The Bertz CT molecular complexity index is 1600. The van der Waals surface area contributed by atoms with Crippen LogP contribution in [-0.4, -0.2) is 50.9 Å². The Morgan fingerprint density at radius 3 is 2.59 bits per heavy atom. The second kappa shape index (κ2) is 11.1. The van der Waals surface area contributed by atoms with Gasteiger partial charge in [-0.2, -0.15) is 10.4 Å². The molecule has 2 N–H and O–H groups in total. The number of anilines is 3. The van der Waals surface area contributed by atoms with Gasteiger partial charge in [0.1, 0.15) is 5.69 Å². The van der Waals surface area contributed by atoms with Crippen LogP contribution in [0.25, 0.3) is 22.5 Å². The molecule has 0 unspecified atom stereocenters. The van der Waals surface area contributed by atoms with Crippen LogP contribution in [0.5, 0.6) is 0 Å². The SMILES string of the molecule is N#Cc1ccccc1Cn1cc(-c2ccnc(Nc3ccc(N4CCNCC4)cc3)n2)c(-c2cccnc2)n1. The molecule has 2 aromatic carbocycles. The topological polar surface area (TPSA) is 108 Å². The van der Waals surface area contributed by atoms with Gasteiger partial charge in [0.05, 0.1) is 23.9 Å². The van der Waals surface area contributed by atoms with E-state index in [4.69, 9.17) is 10.1 Å². The Labute approximate surface area is 226 Å². The summed E-state index contributed by atoms with van der Waals surface area (Å²) >= 11 is 0. The van der Waals surface area contributed by atoms with E-state index in [0.717, 1.165) is 59.9 Å². The summed E-state index contributed by atoms with van der Waals surface area (Å²) in [5.41, 5.74) is 6.92. The highest BCUT2D eigenvalue weighted by Gasteiger charge is 2.17. The van der Waals surface area contributed by atoms with E-state index >= 15 is 0 Å². The van der Waals surface area contributed by atoms with E-state index in [9.17, 15) is 5.26 Å². The Balaban J connectivity index is 1.29. The quantitative estimate of drug-likeness (QED) is 0.328. The smallest absolute Gasteiger partial charge is 0.227 e. The van der Waals surface area contributed by atoms with E-state index in [1.807, 2.05) is 53.3 Å². The maximum Gasteiger partial charge on any atom is 0.227 e. The molecule has 0 radical (unpaired) electrons. The minimum atomic E-state index is 0.465. The molecular formula is C30H27N9. The molecule has 6 rings (SSSR count). The van der Waals surface area contributed by atoms with Gasteiger partial charge in [-0.25, -0.2) is 9.97 Å². The van der Waals surface area contributed by atoms with Gasteiger partial charge in [0.15, 0.2) is 0 Å². The number of rotatable bonds is 7. The predicted molar refractivity (Wildman–Crippen MR) is 152 cm³/mol. The van der Waals surface area contributed by atoms with Gasteiger partial charge in [-0.15, -0.1) is 0 Å². The largest absolute Gasteiger partial charge is 0.369 e. The zero-order valence-corrected chi connectivity index (χ0v) is 21.3. The molecule has 0 bridgehead atoms. The summed E-state index contributed by atoms with van der Waals surface area (Å²) in [6.07, 6.45) is 7.24. The monoisotopic (exact) mass is 513 g/mol. The number of hydrogen-bond donors (Lipinski definition) is 2. The Morgan fingerprint density at radius 1 is 0.949 bits per heavy atom. The fraction of sp³-hybridized carbons (Fsp3) is 0.167. The molecule has 0 saturated carbocycles. The van der Waals surface area contributed by atoms with Gasteiger partial charge in [-0.05, 0) is 54.1 Å². The van der Waals surface area contributed by atoms with E-state index in [2.05, 4.69) is 55.8 Å². The summed E-state index contributed by atoms with van der Waals surface area (Å²) in [5.74, 6) is 0.502. The third-order valence-electron chi connectivity index (χ3n) is 6.70. The lowest BCUT2D eigenvalue weighted by molar-refractivity contribution is 0.589. The molecule has 1 fully saturated rings. The first-order chi connectivity index (χ1) is 19.3. The highest BCUT2D eigenvalue weighted by Crippen LogP contribution is 2.31. The minimum absolute atomic E-state index is 0.465. The summed E-state index contributed by atoms with van der Waals surface area (Å²) in [4.78, 5) is 15.9. The molecule has 9 heteroatoms. The van der Waals surface area contributed by atoms with Crippen molar-refractivity contribution in [3.8, 4) is 28.6 Å². The van der Waals surface area contributed by atoms with Crippen molar-refractivity contribution in [2.75, 3.05) is 36.4 Å². The van der Waals surface area contributed by atoms with Crippen LogP contribution < -0.4 is 15.5 Å². The van der Waals surface area contributed by atoms with Gasteiger partial charge in [-0.1, -0.05) is 18.2 Å². The van der Waals surface area contributed by atoms with E-state index in [-0.39, 0.29) is 0 Å². The highest BCUT2D eigenvalue weighted by molar-refractivity contribution is 5.78. The molecule has 0 amide bonds. The number of aromatic nitrogens is 5. The predicted octanol–water partition coefficient (Wildman–Crippen LogP) is 4.48. The second-order valence-electron chi connectivity index (χ2n) is 9.27. The number of piperazine rings is 1. The molecule has 1 saturated heterocycles. The van der Waals surface area contributed by atoms with Gasteiger partial charge in [-0.3, -0.25) is 9.67 Å². The van der Waals surface area contributed by atoms with Crippen molar-refractivity contribution >= 4 is 17.3 Å². The Hall–Kier alpha value is -5.07. The van der Waals surface area contributed by atoms with Crippen molar-refractivity contribution < 1.29 is 0 Å². The number of benzene rings is 2. The lowest BCUT2D eigenvalue weighted by atomic mass is 10.1. The summed E-state index contributed by atoms with van der Waals surface area (Å²) in [7, 11) is 0. The van der Waals surface area contributed by atoms with Gasteiger partial charge < -0.3 is 15.5 Å². The zero-order chi connectivity index (χ0) is 26.4. The van der Waals surface area contributed by atoms with Crippen molar-refractivity contribution in [1.82, 2.24) is 30.0 Å². The fourth-order valence-electron chi connectivity index (χ4n) is 4.72. The van der Waals surface area contributed by atoms with Crippen LogP contribution in [0.3, 0.4) is 0 Å². The third kappa shape index (κ3) is 5.46. The first-order valence-electron chi connectivity index (χ1n) is 12.9. The summed E-state index contributed by atoms with van der Waals surface area (Å²) in [6, 6.07) is 23.9. The van der Waals surface area contributed by atoms with Crippen LogP contribution in [0.4, 0.5) is 17.3 Å². The molecule has 9 nitrogen and oxygen atoms in total. The van der Waals surface area contributed by atoms with Gasteiger partial charge in [0.2, 0.25) is 5.95 Å². The Morgan fingerprint density at radius 2 is 1.79 bits per heavy atom. The molecule has 5 aromatic rings. The first-order valence-corrected chi connectivity index (χ1v) is 12.9. The molecule has 0 spiro atoms. The molecule has 0 aliphatic carbocycles. The second-order valence-corrected chi connectivity index (χ2v) is 9.27. The molecule has 1 aliphatic heterocycles. The summed E-state index contributed by atoms with van der Waals surface area (Å²) in [6.45, 7) is 4.48. The highest BCUT2D eigenvalue weighted by atomic mass is 15.3. The zero-order valence-electron chi connectivity index (χ0n) is 21.3. The normalized spacial score (nSPS) is 13.2. The van der Waals surface area contributed by atoms with Crippen LogP contribution >= 0.6 is 0 Å². The van der Waals surface area contributed by atoms with E-state index in [1.54, 1.807) is 18.6 Å². The number of nitriles is 1. The van der Waals surface area contributed by atoms with Crippen molar-refractivity contribution in [3.63, 3.8) is 0 Å². The molecule has 39 heavy (non-hydrogen) atoms.